The van der Waals surface area contributed by atoms with Gasteiger partial charge < -0.3 is 0 Å². The lowest BCUT2D eigenvalue weighted by Crippen LogP contribution is -2.47. The molecule has 0 unspecified atom stereocenters. The standard InChI is InChI=1S/C34H72N12P4/c1-3-35-47(41-23-11-5-12-24-41)37-49(43-27-15-7-16-28-43,44-29-17-8-18-30-44)39-48(36-4-2,42-25-13-6-14-26-42)40-50(38-47,45-31-19-9-20-32-45)46-33-21-10-22-34-46/h35,37H,3-34H2,1-2H3/t47-,48-/m1/s1. The second-order valence-electron chi connectivity index (χ2n) is 15.7. The average Bonchev–Trinajstić information content (AvgIpc) is 3.19. The van der Waals surface area contributed by atoms with Crippen LogP contribution in [-0.2, 0) is 0 Å². The maximum atomic E-state index is 6.68. The minimum Gasteiger partial charge on any atom is -0.259 e. The average molecular weight is 773 g/mol. The van der Waals surface area contributed by atoms with Crippen molar-refractivity contribution >= 4 is 30.0 Å². The SMILES string of the molecule is CCN=[P@]1(N2CCCCC2)N=P(N2CCCCC2)(N2CCCCC2)N=[P@](NCC)(N2CCCCC2)NP(N2CCCCC2)(N2CCCCC2)=N1. The van der Waals surface area contributed by atoms with E-state index in [1.807, 2.05) is 0 Å². The first-order valence-electron chi connectivity index (χ1n) is 21.1. The van der Waals surface area contributed by atoms with Gasteiger partial charge in [0, 0.05) is 85.1 Å². The molecule has 6 saturated heterocycles. The number of nitrogens with zero attached hydrogens (tertiary/aromatic N) is 10. The summed E-state index contributed by atoms with van der Waals surface area (Å²) in [5, 5.41) is 4.30. The van der Waals surface area contributed by atoms with Crippen molar-refractivity contribution in [3.05, 3.63) is 0 Å². The third-order valence-electron chi connectivity index (χ3n) is 12.0. The van der Waals surface area contributed by atoms with Crippen molar-refractivity contribution < 1.29 is 0 Å². The Labute approximate surface area is 306 Å². The maximum absolute atomic E-state index is 6.68. The summed E-state index contributed by atoms with van der Waals surface area (Å²) in [6.45, 7) is 19.6. The van der Waals surface area contributed by atoms with Crippen LogP contribution in [0.5, 0.6) is 0 Å². The molecule has 0 radical (unpaired) electrons. The summed E-state index contributed by atoms with van der Waals surface area (Å²) in [7, 11) is -10.3. The summed E-state index contributed by atoms with van der Waals surface area (Å²) in [4.78, 5) is 4.79. The third kappa shape index (κ3) is 8.10. The number of hydrogen-bond donors (Lipinski definition) is 2. The van der Waals surface area contributed by atoms with Crippen LogP contribution in [-0.4, -0.2) is 120 Å². The molecule has 0 aromatic carbocycles. The first-order valence-corrected chi connectivity index (χ1v) is 27.7. The molecule has 0 aromatic rings. The van der Waals surface area contributed by atoms with E-state index in [0.29, 0.717) is 0 Å². The Morgan fingerprint density at radius 1 is 0.460 bits per heavy atom. The molecule has 7 heterocycles. The lowest BCUT2D eigenvalue weighted by molar-refractivity contribution is 0.298. The maximum Gasteiger partial charge on any atom is 0.260 e. The Hall–Kier alpha value is 0.600. The van der Waals surface area contributed by atoms with Gasteiger partial charge in [0.25, 0.3) is 7.51 Å². The Morgan fingerprint density at radius 2 is 0.840 bits per heavy atom. The molecule has 7 rings (SSSR count). The molecule has 2 N–H and O–H groups in total. The first kappa shape index (κ1) is 38.9. The van der Waals surface area contributed by atoms with E-state index < -0.39 is 30.0 Å². The normalized spacial score (nSPS) is 34.8. The quantitative estimate of drug-likeness (QED) is 0.224. The highest BCUT2D eigenvalue weighted by molar-refractivity contribution is 7.85. The summed E-state index contributed by atoms with van der Waals surface area (Å²) in [6, 6.07) is 0. The number of nitrogens with one attached hydrogen (secondary N) is 2. The molecule has 6 fully saturated rings. The van der Waals surface area contributed by atoms with Gasteiger partial charge in [-0.2, -0.15) is 18.4 Å². The molecule has 288 valence electrons. The van der Waals surface area contributed by atoms with Crippen LogP contribution < -0.4 is 9.95 Å². The highest BCUT2D eigenvalue weighted by Crippen LogP contribution is 2.81. The van der Waals surface area contributed by atoms with E-state index >= 15 is 0 Å². The van der Waals surface area contributed by atoms with Gasteiger partial charge in [0.2, 0.25) is 7.51 Å². The molecule has 7 aliphatic rings. The predicted molar refractivity (Wildman–Crippen MR) is 217 cm³/mol. The highest BCUT2D eigenvalue weighted by atomic mass is 31.3. The van der Waals surface area contributed by atoms with Gasteiger partial charge >= 0.3 is 0 Å². The van der Waals surface area contributed by atoms with Crippen molar-refractivity contribution in [1.29, 1.82) is 0 Å². The van der Waals surface area contributed by atoms with Crippen LogP contribution in [0.2, 0.25) is 0 Å². The van der Waals surface area contributed by atoms with Crippen LogP contribution in [0.4, 0.5) is 0 Å². The minimum absolute atomic E-state index is 0.775. The molecule has 50 heavy (non-hydrogen) atoms. The molecule has 0 aromatic heterocycles. The summed E-state index contributed by atoms with van der Waals surface area (Å²) in [6.07, 6.45) is 23.0. The van der Waals surface area contributed by atoms with Crippen molar-refractivity contribution in [2.75, 3.05) is 91.6 Å². The van der Waals surface area contributed by atoms with Gasteiger partial charge in [-0.1, -0.05) is 45.4 Å². The molecule has 12 nitrogen and oxygen atoms in total. The molecule has 0 saturated carbocycles. The lowest BCUT2D eigenvalue weighted by Gasteiger charge is -2.55. The van der Waals surface area contributed by atoms with E-state index in [9.17, 15) is 0 Å². The Bertz CT molecular complexity index is 1270. The van der Waals surface area contributed by atoms with Crippen molar-refractivity contribution in [3.8, 4) is 0 Å². The highest BCUT2D eigenvalue weighted by Gasteiger charge is 2.51. The Morgan fingerprint density at radius 3 is 1.24 bits per heavy atom. The Balaban J connectivity index is 1.62. The van der Waals surface area contributed by atoms with Gasteiger partial charge in [0.1, 0.15) is 0 Å². The molecule has 16 heteroatoms. The second-order valence-corrected chi connectivity index (χ2v) is 27.1. The topological polar surface area (TPSA) is 92.9 Å². The predicted octanol–water partition coefficient (Wildman–Crippen LogP) is 9.92. The molecule has 0 aliphatic carbocycles. The summed E-state index contributed by atoms with van der Waals surface area (Å²) in [5.74, 6) is 0. The van der Waals surface area contributed by atoms with E-state index in [4.69, 9.17) is 23.1 Å². The largest absolute Gasteiger partial charge is 0.260 e. The number of piperidine rings is 6. The van der Waals surface area contributed by atoms with E-state index in [1.165, 1.54) is 116 Å². The summed E-state index contributed by atoms with van der Waals surface area (Å²) >= 11 is 0. The van der Waals surface area contributed by atoms with Gasteiger partial charge in [-0.3, -0.25) is 5.09 Å². The fraction of sp³-hybridized carbons (Fsp3) is 1.00. The van der Waals surface area contributed by atoms with Crippen molar-refractivity contribution in [2.45, 2.75) is 129 Å². The van der Waals surface area contributed by atoms with E-state index in [2.05, 4.69) is 47.0 Å². The van der Waals surface area contributed by atoms with E-state index in [-0.39, 0.29) is 0 Å². The lowest BCUT2D eigenvalue weighted by atomic mass is 10.2. The fourth-order valence-corrected chi connectivity index (χ4v) is 30.4. The van der Waals surface area contributed by atoms with Crippen LogP contribution in [0.3, 0.4) is 0 Å². The van der Waals surface area contributed by atoms with Crippen LogP contribution in [0, 0.1) is 0 Å². The second kappa shape index (κ2) is 18.0. The number of rotatable bonds is 9. The molecule has 0 spiro atoms. The molecule has 0 bridgehead atoms. The van der Waals surface area contributed by atoms with Crippen LogP contribution in [0.1, 0.15) is 129 Å². The summed E-state index contributed by atoms with van der Waals surface area (Å²) in [5.41, 5.74) is 0. The minimum atomic E-state index is -2.71. The van der Waals surface area contributed by atoms with Crippen LogP contribution in [0.15, 0.2) is 18.3 Å². The zero-order valence-electron chi connectivity index (χ0n) is 31.9. The van der Waals surface area contributed by atoms with Crippen LogP contribution >= 0.6 is 30.0 Å². The molecule has 0 amide bonds. The zero-order valence-corrected chi connectivity index (χ0v) is 35.5. The van der Waals surface area contributed by atoms with Gasteiger partial charge in [-0.25, -0.2) is 32.8 Å². The van der Waals surface area contributed by atoms with Crippen molar-refractivity contribution in [1.82, 2.24) is 38.0 Å². The molecular formula is C34H72N12P4. The van der Waals surface area contributed by atoms with Crippen molar-refractivity contribution in [3.63, 3.8) is 0 Å². The van der Waals surface area contributed by atoms with E-state index in [1.54, 1.807) is 0 Å². The zero-order chi connectivity index (χ0) is 34.3. The van der Waals surface area contributed by atoms with Gasteiger partial charge in [0.15, 0.2) is 15.0 Å². The molecular weight excluding hydrogens is 700 g/mol. The van der Waals surface area contributed by atoms with Gasteiger partial charge in [0.05, 0.1) is 0 Å². The van der Waals surface area contributed by atoms with Gasteiger partial charge in [-0.15, -0.1) is 0 Å². The van der Waals surface area contributed by atoms with Gasteiger partial charge in [-0.05, 0) is 90.5 Å². The fourth-order valence-electron chi connectivity index (χ4n) is 9.46. The smallest absolute Gasteiger partial charge is 0.259 e. The number of hydrogen-bond acceptors (Lipinski definition) is 9. The molecule has 2 atom stereocenters. The first-order chi connectivity index (χ1) is 24.6. The third-order valence-corrected chi connectivity index (χ3v) is 28.6. The molecule has 7 aliphatic heterocycles. The van der Waals surface area contributed by atoms with E-state index in [0.717, 1.165) is 91.6 Å². The Kier molecular flexibility index (Phi) is 14.0. The van der Waals surface area contributed by atoms with Crippen LogP contribution in [0.25, 0.3) is 0 Å². The van der Waals surface area contributed by atoms with Crippen molar-refractivity contribution in [2.24, 2.45) is 18.3 Å². The summed E-state index contributed by atoms with van der Waals surface area (Å²) < 4.78 is 42.9. The monoisotopic (exact) mass is 772 g/mol.